The first kappa shape index (κ1) is 21.3. The van der Waals surface area contributed by atoms with Crippen molar-refractivity contribution in [1.82, 2.24) is 15.0 Å². The van der Waals surface area contributed by atoms with E-state index in [-0.39, 0.29) is 16.8 Å². The van der Waals surface area contributed by atoms with Crippen molar-refractivity contribution in [3.05, 3.63) is 53.5 Å². The van der Waals surface area contributed by atoms with Crippen LogP contribution in [0.25, 0.3) is 20.4 Å². The number of carbonyl (C=O) groups excluding carboxylic acids is 1. The van der Waals surface area contributed by atoms with Gasteiger partial charge in [0.25, 0.3) is 0 Å². The first-order chi connectivity index (χ1) is 15.3. The van der Waals surface area contributed by atoms with E-state index in [0.29, 0.717) is 12.4 Å². The molecule has 8 heteroatoms. The Bertz CT molecular complexity index is 1330. The topological polar surface area (TPSA) is 77.0 Å². The van der Waals surface area contributed by atoms with Gasteiger partial charge in [-0.2, -0.15) is 0 Å². The van der Waals surface area contributed by atoms with Crippen molar-refractivity contribution in [2.75, 3.05) is 5.32 Å². The van der Waals surface area contributed by atoms with Crippen molar-refractivity contribution in [3.8, 4) is 0 Å². The van der Waals surface area contributed by atoms with Crippen LogP contribution >= 0.6 is 23.1 Å². The molecule has 1 aliphatic rings. The Morgan fingerprint density at radius 1 is 1.22 bits per heavy atom. The smallest absolute Gasteiger partial charge is 0.237 e. The summed E-state index contributed by atoms with van der Waals surface area (Å²) in [5.41, 5.74) is 3.70. The zero-order valence-electron chi connectivity index (χ0n) is 18.4. The second-order valence-electron chi connectivity index (χ2n) is 8.64. The Kier molecular flexibility index (Phi) is 5.39. The molecule has 0 unspecified atom stereocenters. The van der Waals surface area contributed by atoms with E-state index in [1.54, 1.807) is 11.3 Å². The lowest BCUT2D eigenvalue weighted by Gasteiger charge is -2.30. The van der Waals surface area contributed by atoms with Crippen LogP contribution in [0.4, 0.5) is 5.69 Å². The molecule has 3 aromatic heterocycles. The van der Waals surface area contributed by atoms with Crippen molar-refractivity contribution in [2.24, 2.45) is 0 Å². The fraction of sp³-hybridized carbons (Fsp3) is 0.333. The molecule has 1 aliphatic heterocycles. The van der Waals surface area contributed by atoms with E-state index in [0.717, 1.165) is 48.8 Å². The van der Waals surface area contributed by atoms with Crippen molar-refractivity contribution in [1.29, 1.82) is 0 Å². The number of ether oxygens (including phenoxy) is 1. The normalized spacial score (nSPS) is 16.1. The van der Waals surface area contributed by atoms with Gasteiger partial charge in [-0.1, -0.05) is 30.0 Å². The summed E-state index contributed by atoms with van der Waals surface area (Å²) in [4.78, 5) is 28.1. The van der Waals surface area contributed by atoms with Gasteiger partial charge < -0.3 is 10.1 Å². The number of hydrogen-bond acceptors (Lipinski definition) is 7. The van der Waals surface area contributed by atoms with Crippen molar-refractivity contribution >= 4 is 55.1 Å². The second kappa shape index (κ2) is 8.10. The van der Waals surface area contributed by atoms with Gasteiger partial charge in [0.05, 0.1) is 33.4 Å². The minimum Gasteiger partial charge on any atom is -0.370 e. The van der Waals surface area contributed by atoms with Gasteiger partial charge in [-0.15, -0.1) is 11.3 Å². The molecule has 4 aromatic rings. The average Bonchev–Trinajstić information content (AvgIpc) is 3.09. The molecule has 0 radical (unpaired) electrons. The number of pyridine rings is 1. The van der Waals surface area contributed by atoms with Crippen LogP contribution < -0.4 is 5.32 Å². The minimum absolute atomic E-state index is 0.0558. The molecule has 164 valence electrons. The number of thioether (sulfide) groups is 1. The Labute approximate surface area is 194 Å². The molecule has 1 aromatic carbocycles. The number of nitrogens with zero attached hydrogens (tertiary/aromatic N) is 3. The number of hydrogen-bond donors (Lipinski definition) is 1. The van der Waals surface area contributed by atoms with Gasteiger partial charge in [-0.25, -0.2) is 15.0 Å². The average molecular weight is 465 g/mol. The summed E-state index contributed by atoms with van der Waals surface area (Å²) in [6.07, 6.45) is 0.787. The van der Waals surface area contributed by atoms with E-state index < -0.39 is 0 Å². The van der Waals surface area contributed by atoms with E-state index >= 15 is 0 Å². The maximum absolute atomic E-state index is 12.7. The highest BCUT2D eigenvalue weighted by Crippen LogP contribution is 2.40. The van der Waals surface area contributed by atoms with Gasteiger partial charge >= 0.3 is 0 Å². The Hall–Kier alpha value is -2.55. The Morgan fingerprint density at radius 2 is 2.00 bits per heavy atom. The molecule has 0 spiro atoms. The van der Waals surface area contributed by atoms with Crippen LogP contribution in [0.5, 0.6) is 0 Å². The van der Waals surface area contributed by atoms with Gasteiger partial charge in [0.1, 0.15) is 15.7 Å². The summed E-state index contributed by atoms with van der Waals surface area (Å²) in [6, 6.07) is 11.7. The van der Waals surface area contributed by atoms with Crippen LogP contribution in [0.3, 0.4) is 0 Å². The van der Waals surface area contributed by atoms with E-state index in [1.807, 2.05) is 44.2 Å². The highest BCUT2D eigenvalue weighted by atomic mass is 32.2. The van der Waals surface area contributed by atoms with E-state index in [1.165, 1.54) is 11.8 Å². The monoisotopic (exact) mass is 464 g/mol. The molecule has 1 amide bonds. The number of thiophene rings is 1. The van der Waals surface area contributed by atoms with Crippen LogP contribution in [-0.4, -0.2) is 31.7 Å². The van der Waals surface area contributed by atoms with Crippen LogP contribution in [-0.2, 0) is 22.6 Å². The maximum Gasteiger partial charge on any atom is 0.237 e. The highest BCUT2D eigenvalue weighted by molar-refractivity contribution is 8.00. The molecule has 0 bridgehead atoms. The van der Waals surface area contributed by atoms with Crippen LogP contribution in [0, 0.1) is 6.92 Å². The predicted molar refractivity (Wildman–Crippen MR) is 130 cm³/mol. The Balaban J connectivity index is 1.50. The van der Waals surface area contributed by atoms with Crippen LogP contribution in [0.2, 0.25) is 0 Å². The largest absolute Gasteiger partial charge is 0.370 e. The first-order valence-corrected chi connectivity index (χ1v) is 12.2. The van der Waals surface area contributed by atoms with E-state index in [4.69, 9.17) is 14.7 Å². The lowest BCUT2D eigenvalue weighted by atomic mass is 9.95. The Morgan fingerprint density at radius 3 is 2.78 bits per heavy atom. The molecule has 1 N–H and O–H groups in total. The third-order valence-corrected chi connectivity index (χ3v) is 7.78. The second-order valence-corrected chi connectivity index (χ2v) is 11.0. The van der Waals surface area contributed by atoms with Crippen molar-refractivity contribution in [2.45, 2.75) is 56.6 Å². The molecule has 0 saturated carbocycles. The molecular weight excluding hydrogens is 440 g/mol. The molecule has 0 aliphatic carbocycles. The number of anilines is 1. The molecule has 0 fully saturated rings. The zero-order valence-corrected chi connectivity index (χ0v) is 20.1. The number of rotatable bonds is 4. The summed E-state index contributed by atoms with van der Waals surface area (Å²) in [7, 11) is 0. The quantitative estimate of drug-likeness (QED) is 0.317. The lowest BCUT2D eigenvalue weighted by molar-refractivity contribution is -0.115. The number of aromatic nitrogens is 3. The fourth-order valence-corrected chi connectivity index (χ4v) is 5.96. The molecule has 6 nitrogen and oxygen atoms in total. The number of amides is 1. The maximum atomic E-state index is 12.7. The first-order valence-electron chi connectivity index (χ1n) is 10.6. The van der Waals surface area contributed by atoms with Gasteiger partial charge in [0.2, 0.25) is 5.91 Å². The van der Waals surface area contributed by atoms with Crippen molar-refractivity contribution in [3.63, 3.8) is 0 Å². The minimum atomic E-state index is -0.312. The molecule has 1 atom stereocenters. The van der Waals surface area contributed by atoms with Crippen LogP contribution in [0.1, 0.15) is 37.9 Å². The van der Waals surface area contributed by atoms with Crippen LogP contribution in [0.15, 0.2) is 41.4 Å². The standard InChI is InChI=1S/C24H24N4O2S2/c1-13(21(29)27-16-8-6-5-7-9-16)31-23-20-19(25-14(2)26-23)17-10-15-12-30-24(3,4)11-18(15)28-22(17)32-20/h5-10,13H,11-12H2,1-4H3,(H,27,29)/t13-/m0/s1. The number of para-hydroxylation sites is 1. The van der Waals surface area contributed by atoms with Gasteiger partial charge in [0.15, 0.2) is 0 Å². The van der Waals surface area contributed by atoms with E-state index in [2.05, 4.69) is 30.2 Å². The van der Waals surface area contributed by atoms with Gasteiger partial charge in [-0.3, -0.25) is 4.79 Å². The number of fused-ring (bicyclic) bond motifs is 4. The molecule has 4 heterocycles. The summed E-state index contributed by atoms with van der Waals surface area (Å²) >= 11 is 3.05. The third-order valence-electron chi connectivity index (χ3n) is 5.47. The fourth-order valence-electron chi connectivity index (χ4n) is 3.80. The number of aryl methyl sites for hydroxylation is 1. The highest BCUT2D eigenvalue weighted by Gasteiger charge is 2.28. The zero-order chi connectivity index (χ0) is 22.5. The summed E-state index contributed by atoms with van der Waals surface area (Å²) in [5, 5.41) is 4.51. The summed E-state index contributed by atoms with van der Waals surface area (Å²) < 4.78 is 6.96. The number of benzene rings is 1. The van der Waals surface area contributed by atoms with Crippen molar-refractivity contribution < 1.29 is 9.53 Å². The van der Waals surface area contributed by atoms with Gasteiger partial charge in [-0.05, 0) is 45.9 Å². The molecular formula is C24H24N4O2S2. The summed E-state index contributed by atoms with van der Waals surface area (Å²) in [6.45, 7) is 8.54. The van der Waals surface area contributed by atoms with E-state index in [9.17, 15) is 4.79 Å². The van der Waals surface area contributed by atoms with Gasteiger partial charge in [0, 0.05) is 23.1 Å². The number of nitrogens with one attached hydrogen (secondary N) is 1. The lowest BCUT2D eigenvalue weighted by Crippen LogP contribution is -2.32. The molecule has 5 rings (SSSR count). The third kappa shape index (κ3) is 4.10. The summed E-state index contributed by atoms with van der Waals surface area (Å²) in [5.74, 6) is 0.630. The number of carbonyl (C=O) groups is 1. The SMILES string of the molecule is Cc1nc(S[C@@H](C)C(=O)Nc2ccccc2)c2sc3nc4c(cc3c2n1)COC(C)(C)C4. The molecule has 32 heavy (non-hydrogen) atoms. The predicted octanol–water partition coefficient (Wildman–Crippen LogP) is 5.52. The molecule has 0 saturated heterocycles.